The fourth-order valence-electron chi connectivity index (χ4n) is 3.12. The van der Waals surface area contributed by atoms with Crippen LogP contribution in [0.2, 0.25) is 0 Å². The zero-order valence-corrected chi connectivity index (χ0v) is 23.4. The number of amides is 2. The molecule has 214 valence electrons. The first-order valence-electron chi connectivity index (χ1n) is 11.8. The van der Waals surface area contributed by atoms with Crippen molar-refractivity contribution < 1.29 is 49.0 Å². The molecule has 0 saturated heterocycles. The van der Waals surface area contributed by atoms with Gasteiger partial charge in [0.2, 0.25) is 6.33 Å². The SMILES string of the molecule is C[C@H](C[n+]1ccn(CCCNC(=O)C(F)(F)F)c1)N=Nc1cnn(CCCNC(=O)OC(C)(C)C)c1N.[Br-]. The van der Waals surface area contributed by atoms with Gasteiger partial charge in [-0.1, -0.05) is 0 Å². The number of halogens is 4. The van der Waals surface area contributed by atoms with Gasteiger partial charge in [-0.05, 0) is 34.1 Å². The molecule has 38 heavy (non-hydrogen) atoms. The van der Waals surface area contributed by atoms with Gasteiger partial charge in [-0.2, -0.15) is 28.5 Å². The molecule has 2 aromatic rings. The van der Waals surface area contributed by atoms with E-state index in [-0.39, 0.29) is 29.6 Å². The Hall–Kier alpha value is -3.17. The van der Waals surface area contributed by atoms with E-state index in [0.29, 0.717) is 50.5 Å². The molecule has 0 aliphatic rings. The van der Waals surface area contributed by atoms with E-state index in [0.717, 1.165) is 0 Å². The fraction of sp³-hybridized carbons (Fsp3) is 0.636. The summed E-state index contributed by atoms with van der Waals surface area (Å²) in [6, 6.07) is -0.187. The van der Waals surface area contributed by atoms with Crippen molar-refractivity contribution in [2.24, 2.45) is 10.2 Å². The number of hydrogen-bond acceptors (Lipinski definition) is 7. The minimum Gasteiger partial charge on any atom is -1.00 e. The van der Waals surface area contributed by atoms with Crippen LogP contribution < -0.4 is 37.9 Å². The number of rotatable bonds is 12. The summed E-state index contributed by atoms with van der Waals surface area (Å²) in [4.78, 5) is 22.5. The van der Waals surface area contributed by atoms with E-state index in [1.807, 2.05) is 27.6 Å². The van der Waals surface area contributed by atoms with Crippen molar-refractivity contribution in [3.63, 3.8) is 0 Å². The summed E-state index contributed by atoms with van der Waals surface area (Å²) in [7, 11) is 0. The van der Waals surface area contributed by atoms with Crippen molar-refractivity contribution in [3.8, 4) is 0 Å². The summed E-state index contributed by atoms with van der Waals surface area (Å²) in [6.07, 6.45) is 2.53. The molecule has 0 aromatic carbocycles. The third-order valence-corrected chi connectivity index (χ3v) is 4.79. The number of nitrogens with two attached hydrogens (primary N) is 1. The summed E-state index contributed by atoms with van der Waals surface area (Å²) in [5.41, 5.74) is 5.99. The van der Waals surface area contributed by atoms with Crippen LogP contribution in [0.15, 0.2) is 35.1 Å². The van der Waals surface area contributed by atoms with E-state index in [2.05, 4.69) is 20.6 Å². The lowest BCUT2D eigenvalue weighted by atomic mass is 10.2. The third-order valence-electron chi connectivity index (χ3n) is 4.79. The van der Waals surface area contributed by atoms with E-state index in [1.165, 1.54) is 6.20 Å². The van der Waals surface area contributed by atoms with Gasteiger partial charge in [0.1, 0.15) is 42.1 Å². The van der Waals surface area contributed by atoms with Crippen LogP contribution in [0.25, 0.3) is 0 Å². The Kier molecular flexibility index (Phi) is 12.7. The predicted octanol–water partition coefficient (Wildman–Crippen LogP) is -0.286. The van der Waals surface area contributed by atoms with Crippen LogP contribution in [0, 0.1) is 0 Å². The number of ether oxygens (including phenoxy) is 1. The number of nitrogens with zero attached hydrogens (tertiary/aromatic N) is 6. The smallest absolute Gasteiger partial charge is 0.471 e. The van der Waals surface area contributed by atoms with Crippen LogP contribution in [0.3, 0.4) is 0 Å². The van der Waals surface area contributed by atoms with Gasteiger partial charge in [0.25, 0.3) is 0 Å². The van der Waals surface area contributed by atoms with E-state index in [9.17, 15) is 22.8 Å². The number of aryl methyl sites for hydroxylation is 2. The quantitative estimate of drug-likeness (QED) is 0.172. The fourth-order valence-corrected chi connectivity index (χ4v) is 3.12. The van der Waals surface area contributed by atoms with Gasteiger partial charge in [-0.25, -0.2) is 18.6 Å². The van der Waals surface area contributed by atoms with Gasteiger partial charge < -0.3 is 38.1 Å². The minimum absolute atomic E-state index is 0. The van der Waals surface area contributed by atoms with Gasteiger partial charge in [-0.3, -0.25) is 4.79 Å². The second-order valence-corrected chi connectivity index (χ2v) is 9.44. The molecule has 4 N–H and O–H groups in total. The average Bonchev–Trinajstić information content (AvgIpc) is 3.37. The monoisotopic (exact) mass is 609 g/mol. The first-order chi connectivity index (χ1) is 17.2. The molecular formula is C22H35BrF3N9O3. The highest BCUT2D eigenvalue weighted by molar-refractivity contribution is 5.81. The van der Waals surface area contributed by atoms with Crippen molar-refractivity contribution >= 4 is 23.5 Å². The van der Waals surface area contributed by atoms with Crippen LogP contribution in [0.5, 0.6) is 0 Å². The minimum atomic E-state index is -4.87. The number of nitrogens with one attached hydrogen (secondary N) is 2. The Balaban J connectivity index is 0.00000722. The molecule has 0 bridgehead atoms. The number of hydrogen-bond donors (Lipinski definition) is 3. The number of anilines is 1. The second kappa shape index (κ2) is 14.7. The number of imidazole rings is 1. The van der Waals surface area contributed by atoms with Crippen LogP contribution in [-0.4, -0.2) is 57.3 Å². The number of alkyl carbamates (subject to hydrolysis) is 1. The summed E-state index contributed by atoms with van der Waals surface area (Å²) in [5, 5.41) is 17.2. The Bertz CT molecular complexity index is 1060. The molecule has 0 aliphatic carbocycles. The molecular weight excluding hydrogens is 575 g/mol. The lowest BCUT2D eigenvalue weighted by Gasteiger charge is -2.19. The van der Waals surface area contributed by atoms with Gasteiger partial charge in [-0.15, -0.1) is 0 Å². The molecule has 2 rings (SSSR count). The molecule has 0 fully saturated rings. The number of azo groups is 1. The second-order valence-electron chi connectivity index (χ2n) is 9.44. The molecule has 16 heteroatoms. The standard InChI is InChI=1S/C22H34F3N9O3.BrH/c1-16(14-33-12-11-32(15-33)9-5-7-27-19(35)22(23,24)25)30-31-17-13-29-34(18(17)26)10-6-8-28-20(36)37-21(2,3)4;/h11-13,15-16H,5-10,14H2,1-4H3,(H3-,26,27,28,29,30,35,36);1H/t16-;/m1./s1. The summed E-state index contributed by atoms with van der Waals surface area (Å²) >= 11 is 0. The largest absolute Gasteiger partial charge is 1.00 e. The Morgan fingerprint density at radius 1 is 1.18 bits per heavy atom. The molecule has 2 aromatic heterocycles. The Labute approximate surface area is 229 Å². The first-order valence-corrected chi connectivity index (χ1v) is 11.8. The molecule has 0 radical (unpaired) electrons. The highest BCUT2D eigenvalue weighted by Crippen LogP contribution is 2.22. The molecule has 1 atom stereocenters. The Morgan fingerprint density at radius 3 is 2.50 bits per heavy atom. The average molecular weight is 610 g/mol. The third kappa shape index (κ3) is 11.9. The summed E-state index contributed by atoms with van der Waals surface area (Å²) < 4.78 is 47.0. The molecule has 2 amide bonds. The molecule has 0 unspecified atom stereocenters. The number of carbonyl (C=O) groups is 2. The van der Waals surface area contributed by atoms with E-state index < -0.39 is 23.8 Å². The zero-order valence-electron chi connectivity index (χ0n) is 21.8. The van der Waals surface area contributed by atoms with Crippen molar-refractivity contribution in [3.05, 3.63) is 24.9 Å². The van der Waals surface area contributed by atoms with E-state index >= 15 is 0 Å². The molecule has 12 nitrogen and oxygen atoms in total. The van der Waals surface area contributed by atoms with Crippen LogP contribution in [0.4, 0.5) is 29.5 Å². The topological polar surface area (TPSA) is 145 Å². The number of aromatic nitrogens is 4. The van der Waals surface area contributed by atoms with Crippen molar-refractivity contribution in [2.45, 2.75) is 78.0 Å². The van der Waals surface area contributed by atoms with Crippen molar-refractivity contribution in [1.29, 1.82) is 0 Å². The van der Waals surface area contributed by atoms with Gasteiger partial charge in [0.15, 0.2) is 0 Å². The van der Waals surface area contributed by atoms with Crippen LogP contribution in [0.1, 0.15) is 40.5 Å². The van der Waals surface area contributed by atoms with E-state index in [1.54, 1.807) is 38.0 Å². The number of alkyl halides is 3. The van der Waals surface area contributed by atoms with Crippen LogP contribution >= 0.6 is 0 Å². The summed E-state index contributed by atoms with van der Waals surface area (Å²) in [5.74, 6) is -1.57. The summed E-state index contributed by atoms with van der Waals surface area (Å²) in [6.45, 7) is 9.04. The zero-order chi connectivity index (χ0) is 27.6. The van der Waals surface area contributed by atoms with E-state index in [4.69, 9.17) is 10.5 Å². The maximum Gasteiger partial charge on any atom is 0.471 e. The highest BCUT2D eigenvalue weighted by atomic mass is 79.9. The maximum absolute atomic E-state index is 12.2. The number of carbonyl (C=O) groups excluding carboxylic acids is 2. The lowest BCUT2D eigenvalue weighted by Crippen LogP contribution is -3.00. The van der Waals surface area contributed by atoms with Crippen LogP contribution in [-0.2, 0) is 29.2 Å². The molecule has 2 heterocycles. The predicted molar refractivity (Wildman–Crippen MR) is 128 cm³/mol. The van der Waals surface area contributed by atoms with Gasteiger partial charge >= 0.3 is 18.2 Å². The number of nitrogen functional groups attached to an aromatic ring is 1. The molecule has 0 saturated carbocycles. The van der Waals surface area contributed by atoms with Gasteiger partial charge in [0, 0.05) is 26.1 Å². The lowest BCUT2D eigenvalue weighted by molar-refractivity contribution is -0.697. The highest BCUT2D eigenvalue weighted by Gasteiger charge is 2.38. The molecule has 0 spiro atoms. The molecule has 0 aliphatic heterocycles. The van der Waals surface area contributed by atoms with Gasteiger partial charge in [0.05, 0.1) is 12.7 Å². The maximum atomic E-state index is 12.2. The first kappa shape index (κ1) is 32.9. The van der Waals surface area contributed by atoms with Crippen molar-refractivity contribution in [2.75, 3.05) is 18.8 Å². The Morgan fingerprint density at radius 2 is 1.84 bits per heavy atom. The normalized spacial score (nSPS) is 12.7. The van der Waals surface area contributed by atoms with Crippen molar-refractivity contribution in [1.82, 2.24) is 25.0 Å².